The monoisotopic (exact) mass is 256 g/mol. The second kappa shape index (κ2) is 6.29. The molecule has 5 nitrogen and oxygen atoms in total. The van der Waals surface area contributed by atoms with E-state index in [0.29, 0.717) is 18.1 Å². The van der Waals surface area contributed by atoms with Crippen LogP contribution >= 0.6 is 0 Å². The van der Waals surface area contributed by atoms with Crippen molar-refractivity contribution < 1.29 is 14.4 Å². The average Bonchev–Trinajstić information content (AvgIpc) is 2.90. The first-order valence-corrected chi connectivity index (χ1v) is 6.61. The summed E-state index contributed by atoms with van der Waals surface area (Å²) in [5, 5.41) is 13.8. The lowest BCUT2D eigenvalue weighted by Crippen LogP contribution is -2.28. The summed E-state index contributed by atoms with van der Waals surface area (Å²) >= 11 is 0. The van der Waals surface area contributed by atoms with Crippen molar-refractivity contribution in [2.45, 2.75) is 64.6 Å². The maximum absolute atomic E-state index is 9.80. The summed E-state index contributed by atoms with van der Waals surface area (Å²) in [6, 6.07) is 0. The van der Waals surface area contributed by atoms with Crippen molar-refractivity contribution in [2.75, 3.05) is 7.11 Å². The molecule has 0 radical (unpaired) electrons. The Bertz CT molecular complexity index is 353. The Morgan fingerprint density at radius 3 is 2.39 bits per heavy atom. The highest BCUT2D eigenvalue weighted by atomic mass is 16.5. The Balaban J connectivity index is 2.98. The molecule has 0 aliphatic rings. The number of rotatable bonds is 7. The van der Waals surface area contributed by atoms with Crippen LogP contribution in [0.3, 0.4) is 0 Å². The molecule has 1 aromatic rings. The quantitative estimate of drug-likeness (QED) is 0.812. The van der Waals surface area contributed by atoms with Crippen LogP contribution in [0.1, 0.15) is 64.6 Å². The van der Waals surface area contributed by atoms with Gasteiger partial charge in [0.05, 0.1) is 12.0 Å². The molecule has 0 saturated carbocycles. The Morgan fingerprint density at radius 1 is 1.33 bits per heavy atom. The van der Waals surface area contributed by atoms with E-state index < -0.39 is 11.7 Å². The van der Waals surface area contributed by atoms with E-state index in [4.69, 9.17) is 9.26 Å². The summed E-state index contributed by atoms with van der Waals surface area (Å²) in [6.07, 6.45) is 1.77. The van der Waals surface area contributed by atoms with Crippen molar-refractivity contribution in [2.24, 2.45) is 0 Å². The molecule has 0 amide bonds. The van der Waals surface area contributed by atoms with Crippen LogP contribution in [0.15, 0.2) is 4.52 Å². The van der Waals surface area contributed by atoms with Crippen LogP contribution in [-0.4, -0.2) is 28.5 Å². The fourth-order valence-electron chi connectivity index (χ4n) is 2.07. The van der Waals surface area contributed by atoms with Crippen molar-refractivity contribution >= 4 is 0 Å². The van der Waals surface area contributed by atoms with Crippen LogP contribution in [0.2, 0.25) is 0 Å². The van der Waals surface area contributed by atoms with Gasteiger partial charge in [-0.15, -0.1) is 0 Å². The Kier molecular flexibility index (Phi) is 5.28. The molecular formula is C13H24N2O3. The van der Waals surface area contributed by atoms with Gasteiger partial charge in [0, 0.05) is 7.11 Å². The lowest BCUT2D eigenvalue weighted by atomic mass is 9.96. The zero-order chi connectivity index (χ0) is 13.8. The lowest BCUT2D eigenvalue weighted by Gasteiger charge is -2.26. The van der Waals surface area contributed by atoms with Gasteiger partial charge in [0.2, 0.25) is 11.7 Å². The highest BCUT2D eigenvalue weighted by Gasteiger charge is 2.34. The van der Waals surface area contributed by atoms with Gasteiger partial charge in [0.1, 0.15) is 5.60 Å². The van der Waals surface area contributed by atoms with Crippen molar-refractivity contribution in [3.63, 3.8) is 0 Å². The molecule has 0 aromatic carbocycles. The van der Waals surface area contributed by atoms with Gasteiger partial charge in [0.25, 0.3) is 0 Å². The van der Waals surface area contributed by atoms with E-state index in [2.05, 4.69) is 10.1 Å². The third kappa shape index (κ3) is 2.72. The number of hydrogen-bond donors (Lipinski definition) is 1. The molecule has 0 fully saturated rings. The molecule has 2 unspecified atom stereocenters. The minimum absolute atomic E-state index is 0.153. The molecule has 0 aliphatic carbocycles. The average molecular weight is 256 g/mol. The highest BCUT2D eigenvalue weighted by molar-refractivity contribution is 5.03. The number of nitrogens with zero attached hydrogens (tertiary/aromatic N) is 2. The van der Waals surface area contributed by atoms with Crippen molar-refractivity contribution in [1.82, 2.24) is 10.1 Å². The third-order valence-corrected chi connectivity index (χ3v) is 3.77. The summed E-state index contributed by atoms with van der Waals surface area (Å²) < 4.78 is 10.8. The molecule has 2 atom stereocenters. The molecule has 1 N–H and O–H groups in total. The van der Waals surface area contributed by atoms with Gasteiger partial charge in [-0.25, -0.2) is 0 Å². The number of aliphatic hydroxyl groups is 1. The molecule has 18 heavy (non-hydrogen) atoms. The SMILES string of the molecule is CCC(O)C(C)c1nc(C(CC)(CC)OC)no1. The lowest BCUT2D eigenvalue weighted by molar-refractivity contribution is -0.0306. The number of methoxy groups -OCH3 is 1. The first-order chi connectivity index (χ1) is 8.54. The highest BCUT2D eigenvalue weighted by Crippen LogP contribution is 2.31. The standard InChI is InChI=1S/C13H24N2O3/c1-6-10(16)9(4)11-14-12(15-18-11)13(7-2,8-3)17-5/h9-10,16H,6-8H2,1-5H3. The van der Waals surface area contributed by atoms with Gasteiger partial charge in [0.15, 0.2) is 0 Å². The molecule has 0 saturated heterocycles. The van der Waals surface area contributed by atoms with Gasteiger partial charge >= 0.3 is 0 Å². The molecule has 1 rings (SSSR count). The van der Waals surface area contributed by atoms with Crippen LogP contribution < -0.4 is 0 Å². The summed E-state index contributed by atoms with van der Waals surface area (Å²) in [5.41, 5.74) is -0.487. The normalized spacial score (nSPS) is 15.7. The molecule has 104 valence electrons. The Morgan fingerprint density at radius 2 is 1.94 bits per heavy atom. The molecular weight excluding hydrogens is 232 g/mol. The molecule has 5 heteroatoms. The third-order valence-electron chi connectivity index (χ3n) is 3.77. The number of hydrogen-bond acceptors (Lipinski definition) is 5. The molecule has 0 spiro atoms. The van der Waals surface area contributed by atoms with Gasteiger partial charge in [-0.1, -0.05) is 32.9 Å². The van der Waals surface area contributed by atoms with Crippen LogP contribution in [0, 0.1) is 0 Å². The summed E-state index contributed by atoms with van der Waals surface area (Å²) in [7, 11) is 1.66. The maximum atomic E-state index is 9.80. The molecule has 0 aliphatic heterocycles. The van der Waals surface area contributed by atoms with Gasteiger partial charge in [-0.3, -0.25) is 0 Å². The van der Waals surface area contributed by atoms with E-state index in [1.807, 2.05) is 27.7 Å². The second-order valence-electron chi connectivity index (χ2n) is 4.63. The first-order valence-electron chi connectivity index (χ1n) is 6.61. The van der Waals surface area contributed by atoms with E-state index in [1.54, 1.807) is 7.11 Å². The minimum atomic E-state index is -0.487. The maximum Gasteiger partial charge on any atom is 0.232 e. The summed E-state index contributed by atoms with van der Waals surface area (Å²) in [6.45, 7) is 7.88. The number of ether oxygens (including phenoxy) is 1. The van der Waals surface area contributed by atoms with Gasteiger partial charge < -0.3 is 14.4 Å². The van der Waals surface area contributed by atoms with E-state index in [-0.39, 0.29) is 5.92 Å². The predicted molar refractivity (Wildman–Crippen MR) is 68.3 cm³/mol. The van der Waals surface area contributed by atoms with E-state index in [0.717, 1.165) is 12.8 Å². The van der Waals surface area contributed by atoms with Crippen LogP contribution in [-0.2, 0) is 10.3 Å². The summed E-state index contributed by atoms with van der Waals surface area (Å²) in [4.78, 5) is 4.40. The molecule has 1 heterocycles. The number of aromatic nitrogens is 2. The largest absolute Gasteiger partial charge is 0.392 e. The van der Waals surface area contributed by atoms with Crippen molar-refractivity contribution in [3.05, 3.63) is 11.7 Å². The van der Waals surface area contributed by atoms with Crippen molar-refractivity contribution in [3.8, 4) is 0 Å². The molecule has 1 aromatic heterocycles. The Labute approximate surface area is 109 Å². The molecule has 0 bridgehead atoms. The van der Waals surface area contributed by atoms with Crippen molar-refractivity contribution in [1.29, 1.82) is 0 Å². The van der Waals surface area contributed by atoms with Gasteiger partial charge in [-0.05, 0) is 19.3 Å². The fraction of sp³-hybridized carbons (Fsp3) is 0.846. The fourth-order valence-corrected chi connectivity index (χ4v) is 2.07. The van der Waals surface area contributed by atoms with E-state index >= 15 is 0 Å². The van der Waals surface area contributed by atoms with E-state index in [9.17, 15) is 5.11 Å². The zero-order valence-electron chi connectivity index (χ0n) is 11.9. The smallest absolute Gasteiger partial charge is 0.232 e. The van der Waals surface area contributed by atoms with Crippen LogP contribution in [0.5, 0.6) is 0 Å². The second-order valence-corrected chi connectivity index (χ2v) is 4.63. The first kappa shape index (κ1) is 15.1. The Hall–Kier alpha value is -0.940. The van der Waals surface area contributed by atoms with Crippen LogP contribution in [0.25, 0.3) is 0 Å². The number of aliphatic hydroxyl groups excluding tert-OH is 1. The van der Waals surface area contributed by atoms with E-state index in [1.165, 1.54) is 0 Å². The van der Waals surface area contributed by atoms with Gasteiger partial charge in [-0.2, -0.15) is 4.98 Å². The van der Waals surface area contributed by atoms with Crippen LogP contribution in [0.4, 0.5) is 0 Å². The topological polar surface area (TPSA) is 68.4 Å². The predicted octanol–water partition coefficient (Wildman–Crippen LogP) is 2.61. The summed E-state index contributed by atoms with van der Waals surface area (Å²) in [5.74, 6) is 0.891. The minimum Gasteiger partial charge on any atom is -0.392 e. The zero-order valence-corrected chi connectivity index (χ0v) is 11.9.